The second-order valence-electron chi connectivity index (χ2n) is 5.67. The first-order valence-corrected chi connectivity index (χ1v) is 7.83. The molecule has 8 heteroatoms. The van der Waals surface area contributed by atoms with E-state index in [2.05, 4.69) is 10.6 Å². The maximum absolute atomic E-state index is 13.9. The van der Waals surface area contributed by atoms with E-state index in [0.717, 1.165) is 24.3 Å². The molecule has 0 heterocycles. The molecule has 0 amide bonds. The molecular weight excluding hydrogens is 372 g/mol. The molecule has 0 bridgehead atoms. The molecule has 28 heavy (non-hydrogen) atoms. The van der Waals surface area contributed by atoms with Crippen LogP contribution in [0.2, 0.25) is 0 Å². The Morgan fingerprint density at radius 3 is 1.29 bits per heavy atom. The number of benzene rings is 3. The van der Waals surface area contributed by atoms with Gasteiger partial charge in [0.05, 0.1) is 33.9 Å². The zero-order valence-corrected chi connectivity index (χ0v) is 14.0. The monoisotopic (exact) mass is 382 g/mol. The van der Waals surface area contributed by atoms with Crippen LogP contribution in [0.1, 0.15) is 11.1 Å². The highest BCUT2D eigenvalue weighted by Crippen LogP contribution is 2.31. The molecule has 3 aromatic rings. The minimum Gasteiger partial charge on any atom is -0.352 e. The summed E-state index contributed by atoms with van der Waals surface area (Å²) in [5, 5.41) is 24.0. The Labute approximate surface area is 157 Å². The van der Waals surface area contributed by atoms with E-state index in [1.165, 1.54) is 12.1 Å². The van der Waals surface area contributed by atoms with Crippen LogP contribution in [-0.4, -0.2) is 0 Å². The predicted octanol–water partition coefficient (Wildman–Crippen LogP) is 5.47. The van der Waals surface area contributed by atoms with Crippen molar-refractivity contribution in [1.82, 2.24) is 0 Å². The van der Waals surface area contributed by atoms with Crippen molar-refractivity contribution in [3.63, 3.8) is 0 Å². The average Bonchev–Trinajstić information content (AvgIpc) is 2.66. The van der Waals surface area contributed by atoms with E-state index in [1.54, 1.807) is 0 Å². The highest BCUT2D eigenvalue weighted by Gasteiger charge is 2.14. The summed E-state index contributed by atoms with van der Waals surface area (Å²) in [5.74, 6) is -3.28. The number of hydrogen-bond donors (Lipinski definition) is 2. The van der Waals surface area contributed by atoms with E-state index in [0.29, 0.717) is 12.1 Å². The second kappa shape index (κ2) is 7.68. The maximum atomic E-state index is 13.9. The number of rotatable bonds is 4. The Kier molecular flexibility index (Phi) is 5.14. The molecule has 0 aliphatic carbocycles. The maximum Gasteiger partial charge on any atom is 0.149 e. The summed E-state index contributed by atoms with van der Waals surface area (Å²) >= 11 is 0. The largest absolute Gasteiger partial charge is 0.352 e. The summed E-state index contributed by atoms with van der Waals surface area (Å²) in [5.41, 5.74) is 0.0732. The van der Waals surface area contributed by atoms with Gasteiger partial charge in [-0.15, -0.1) is 0 Å². The van der Waals surface area contributed by atoms with Crippen molar-refractivity contribution in [3.05, 3.63) is 82.9 Å². The van der Waals surface area contributed by atoms with E-state index >= 15 is 0 Å². The molecule has 3 rings (SSSR count). The third kappa shape index (κ3) is 3.87. The van der Waals surface area contributed by atoms with Gasteiger partial charge in [-0.3, -0.25) is 0 Å². The van der Waals surface area contributed by atoms with E-state index in [1.807, 2.05) is 12.1 Å². The minimum absolute atomic E-state index is 0.0211. The summed E-state index contributed by atoms with van der Waals surface area (Å²) < 4.78 is 53.8. The average molecular weight is 382 g/mol. The van der Waals surface area contributed by atoms with E-state index in [4.69, 9.17) is 0 Å². The van der Waals surface area contributed by atoms with Gasteiger partial charge in [-0.2, -0.15) is 10.5 Å². The molecule has 0 spiro atoms. The summed E-state index contributed by atoms with van der Waals surface area (Å²) in [7, 11) is 0. The molecule has 0 unspecified atom stereocenters. The van der Waals surface area contributed by atoms with Gasteiger partial charge in [0.15, 0.2) is 0 Å². The van der Waals surface area contributed by atoms with Crippen molar-refractivity contribution >= 4 is 22.7 Å². The Morgan fingerprint density at radius 2 is 0.964 bits per heavy atom. The van der Waals surface area contributed by atoms with Crippen LogP contribution in [0.4, 0.5) is 40.3 Å². The van der Waals surface area contributed by atoms with Crippen LogP contribution < -0.4 is 10.6 Å². The van der Waals surface area contributed by atoms with E-state index in [-0.39, 0.29) is 33.9 Å². The quantitative estimate of drug-likeness (QED) is 0.587. The number of nitriles is 2. The van der Waals surface area contributed by atoms with Crippen molar-refractivity contribution in [2.75, 3.05) is 10.6 Å². The Balaban J connectivity index is 2.00. The minimum atomic E-state index is -0.877. The number of nitrogens with one attached hydrogen (secondary N) is 2. The summed E-state index contributed by atoms with van der Waals surface area (Å²) in [6.45, 7) is 0. The fourth-order valence-corrected chi connectivity index (χ4v) is 2.46. The fraction of sp³-hybridized carbons (Fsp3) is 0. The summed E-state index contributed by atoms with van der Waals surface area (Å²) in [4.78, 5) is 0. The lowest BCUT2D eigenvalue weighted by molar-refractivity contribution is 0.585. The molecule has 0 aliphatic heterocycles. The highest BCUT2D eigenvalue weighted by atomic mass is 19.1. The van der Waals surface area contributed by atoms with Gasteiger partial charge < -0.3 is 10.6 Å². The third-order valence-electron chi connectivity index (χ3n) is 3.80. The van der Waals surface area contributed by atoms with Gasteiger partial charge >= 0.3 is 0 Å². The Bertz CT molecular complexity index is 1050. The van der Waals surface area contributed by atoms with Crippen molar-refractivity contribution in [2.45, 2.75) is 0 Å². The van der Waals surface area contributed by atoms with Crippen molar-refractivity contribution in [3.8, 4) is 12.1 Å². The number of nitrogens with zero attached hydrogens (tertiary/aromatic N) is 2. The number of hydrogen-bond acceptors (Lipinski definition) is 4. The molecule has 2 N–H and O–H groups in total. The molecule has 0 atom stereocenters. The molecule has 0 aliphatic rings. The highest BCUT2D eigenvalue weighted by molar-refractivity contribution is 5.77. The van der Waals surface area contributed by atoms with Crippen LogP contribution in [0.3, 0.4) is 0 Å². The molecule has 4 nitrogen and oxygen atoms in total. The first-order valence-electron chi connectivity index (χ1n) is 7.83. The van der Waals surface area contributed by atoms with E-state index < -0.39 is 23.3 Å². The summed E-state index contributed by atoms with van der Waals surface area (Å²) in [6.07, 6.45) is 0. The topological polar surface area (TPSA) is 71.6 Å². The summed E-state index contributed by atoms with van der Waals surface area (Å²) in [6, 6.07) is 12.0. The van der Waals surface area contributed by atoms with Crippen LogP contribution in [0.25, 0.3) is 0 Å². The van der Waals surface area contributed by atoms with Gasteiger partial charge in [-0.1, -0.05) is 0 Å². The van der Waals surface area contributed by atoms with E-state index in [9.17, 15) is 28.1 Å². The second-order valence-corrected chi connectivity index (χ2v) is 5.67. The smallest absolute Gasteiger partial charge is 0.149 e. The van der Waals surface area contributed by atoms with Crippen LogP contribution in [0.15, 0.2) is 48.5 Å². The third-order valence-corrected chi connectivity index (χ3v) is 3.80. The van der Waals surface area contributed by atoms with Gasteiger partial charge in [-0.25, -0.2) is 17.6 Å². The van der Waals surface area contributed by atoms with Crippen molar-refractivity contribution < 1.29 is 17.6 Å². The van der Waals surface area contributed by atoms with Gasteiger partial charge in [-0.05, 0) is 36.4 Å². The molecule has 138 valence electrons. The lowest BCUT2D eigenvalue weighted by Gasteiger charge is -2.14. The van der Waals surface area contributed by atoms with Crippen LogP contribution in [0, 0.1) is 45.9 Å². The lowest BCUT2D eigenvalue weighted by atomic mass is 10.1. The van der Waals surface area contributed by atoms with Gasteiger partial charge in [0.25, 0.3) is 0 Å². The van der Waals surface area contributed by atoms with Crippen LogP contribution >= 0.6 is 0 Å². The Morgan fingerprint density at radius 1 is 0.571 bits per heavy atom. The molecule has 0 saturated heterocycles. The predicted molar refractivity (Wildman–Crippen MR) is 95.2 cm³/mol. The van der Waals surface area contributed by atoms with Gasteiger partial charge in [0.1, 0.15) is 35.4 Å². The zero-order valence-electron chi connectivity index (χ0n) is 14.0. The van der Waals surface area contributed by atoms with Crippen LogP contribution in [0.5, 0.6) is 0 Å². The molecule has 0 aromatic heterocycles. The standard InChI is InChI=1S/C20H10F4N4/c21-13-1-3-17(15(23)7-13)27-19-5-12(10-26)20(6-11(19)9-25)28-18-4-2-14(22)8-16(18)24/h1-8,27-28H. The zero-order chi connectivity index (χ0) is 20.3. The molecular formula is C20H10F4N4. The number of halogens is 4. The lowest BCUT2D eigenvalue weighted by Crippen LogP contribution is -2.02. The van der Waals surface area contributed by atoms with Crippen molar-refractivity contribution in [2.24, 2.45) is 0 Å². The van der Waals surface area contributed by atoms with Gasteiger partial charge in [0, 0.05) is 12.1 Å². The first kappa shape index (κ1) is 18.7. The fourth-order valence-electron chi connectivity index (χ4n) is 2.46. The molecule has 3 aromatic carbocycles. The molecule has 0 fully saturated rings. The normalized spacial score (nSPS) is 10.1. The Hall–Kier alpha value is -4.04. The SMILES string of the molecule is N#Cc1cc(Nc2ccc(F)cc2F)c(C#N)cc1Nc1ccc(F)cc1F. The number of anilines is 4. The molecule has 0 radical (unpaired) electrons. The first-order chi connectivity index (χ1) is 13.4. The van der Waals surface area contributed by atoms with Gasteiger partial charge in [0.2, 0.25) is 0 Å². The van der Waals surface area contributed by atoms with Crippen LogP contribution in [-0.2, 0) is 0 Å². The molecule has 0 saturated carbocycles. The van der Waals surface area contributed by atoms with Crippen molar-refractivity contribution in [1.29, 1.82) is 10.5 Å².